The highest BCUT2D eigenvalue weighted by Gasteiger charge is 2.11. The first-order valence-electron chi connectivity index (χ1n) is 4.71. The average molecular weight is 239 g/mol. The number of carboxylic acids is 1. The molecule has 5 heteroatoms. The van der Waals surface area contributed by atoms with Gasteiger partial charge in [0.2, 0.25) is 0 Å². The van der Waals surface area contributed by atoms with E-state index in [1.165, 1.54) is 0 Å². The standard InChI is InChI=1S/C11H11ClN2O2/c1-7(5-11(15)16)14-10-4-2-3-9(12)8(10)6-13/h2-4,7,14H,5H2,1H3,(H,15,16). The summed E-state index contributed by atoms with van der Waals surface area (Å²) in [4.78, 5) is 10.5. The van der Waals surface area contributed by atoms with Crippen LogP contribution in [0.4, 0.5) is 5.69 Å². The highest BCUT2D eigenvalue weighted by molar-refractivity contribution is 6.32. The van der Waals surface area contributed by atoms with Crippen LogP contribution in [0.1, 0.15) is 18.9 Å². The van der Waals surface area contributed by atoms with E-state index in [0.29, 0.717) is 16.3 Å². The van der Waals surface area contributed by atoms with Crippen molar-refractivity contribution >= 4 is 23.3 Å². The van der Waals surface area contributed by atoms with Crippen LogP contribution in [0.3, 0.4) is 0 Å². The third kappa shape index (κ3) is 3.14. The van der Waals surface area contributed by atoms with Gasteiger partial charge in [0.05, 0.1) is 22.7 Å². The fourth-order valence-corrected chi connectivity index (χ4v) is 1.55. The van der Waals surface area contributed by atoms with Gasteiger partial charge in [-0.25, -0.2) is 0 Å². The van der Waals surface area contributed by atoms with E-state index in [4.69, 9.17) is 22.0 Å². The number of benzene rings is 1. The van der Waals surface area contributed by atoms with E-state index in [2.05, 4.69) is 5.32 Å². The molecular formula is C11H11ClN2O2. The summed E-state index contributed by atoms with van der Waals surface area (Å²) in [6.45, 7) is 1.73. The second kappa shape index (κ2) is 5.38. The topological polar surface area (TPSA) is 73.1 Å². The zero-order chi connectivity index (χ0) is 12.1. The van der Waals surface area contributed by atoms with Crippen molar-refractivity contribution in [1.29, 1.82) is 5.26 Å². The monoisotopic (exact) mass is 238 g/mol. The van der Waals surface area contributed by atoms with Gasteiger partial charge in [0.15, 0.2) is 0 Å². The molecule has 4 nitrogen and oxygen atoms in total. The van der Waals surface area contributed by atoms with Crippen LogP contribution in [0.2, 0.25) is 5.02 Å². The molecule has 1 aromatic carbocycles. The first-order valence-corrected chi connectivity index (χ1v) is 5.09. The molecule has 1 rings (SSSR count). The molecule has 0 aliphatic carbocycles. The second-order valence-electron chi connectivity index (χ2n) is 3.42. The van der Waals surface area contributed by atoms with Crippen molar-refractivity contribution in [3.8, 4) is 6.07 Å². The summed E-state index contributed by atoms with van der Waals surface area (Å²) in [6, 6.07) is 6.74. The quantitative estimate of drug-likeness (QED) is 0.845. The Hall–Kier alpha value is -1.73. The molecule has 0 amide bonds. The Morgan fingerprint density at radius 3 is 2.94 bits per heavy atom. The van der Waals surface area contributed by atoms with Crippen LogP contribution in [0, 0.1) is 11.3 Å². The molecule has 2 N–H and O–H groups in total. The summed E-state index contributed by atoms with van der Waals surface area (Å²) in [5.41, 5.74) is 0.894. The van der Waals surface area contributed by atoms with Gasteiger partial charge in [-0.3, -0.25) is 4.79 Å². The van der Waals surface area contributed by atoms with Crippen molar-refractivity contribution < 1.29 is 9.90 Å². The fraction of sp³-hybridized carbons (Fsp3) is 0.273. The van der Waals surface area contributed by atoms with Gasteiger partial charge >= 0.3 is 5.97 Å². The van der Waals surface area contributed by atoms with Gasteiger partial charge in [-0.05, 0) is 19.1 Å². The van der Waals surface area contributed by atoms with E-state index in [1.54, 1.807) is 25.1 Å². The summed E-state index contributed by atoms with van der Waals surface area (Å²) in [6.07, 6.45) is -0.0165. The number of hydrogen-bond donors (Lipinski definition) is 2. The number of nitrogens with zero attached hydrogens (tertiary/aromatic N) is 1. The first-order chi connectivity index (χ1) is 7.54. The summed E-state index contributed by atoms with van der Waals surface area (Å²) in [5.74, 6) is -0.888. The minimum absolute atomic E-state index is 0.0165. The number of nitrogens with one attached hydrogen (secondary N) is 1. The van der Waals surface area contributed by atoms with Gasteiger partial charge in [0.1, 0.15) is 6.07 Å². The number of aliphatic carboxylic acids is 1. The third-order valence-corrected chi connectivity index (χ3v) is 2.32. The number of hydrogen-bond acceptors (Lipinski definition) is 3. The summed E-state index contributed by atoms with van der Waals surface area (Å²) in [5, 5.41) is 20.8. The average Bonchev–Trinajstić information content (AvgIpc) is 2.16. The van der Waals surface area contributed by atoms with Gasteiger partial charge in [-0.15, -0.1) is 0 Å². The first kappa shape index (κ1) is 12.3. The molecule has 0 heterocycles. The highest BCUT2D eigenvalue weighted by atomic mass is 35.5. The molecule has 0 spiro atoms. The summed E-state index contributed by atoms with van der Waals surface area (Å²) >= 11 is 5.84. The Kier molecular flexibility index (Phi) is 4.15. The van der Waals surface area contributed by atoms with Crippen LogP contribution >= 0.6 is 11.6 Å². The zero-order valence-corrected chi connectivity index (χ0v) is 9.45. The van der Waals surface area contributed by atoms with E-state index < -0.39 is 5.97 Å². The number of nitriles is 1. The number of carbonyl (C=O) groups is 1. The Balaban J connectivity index is 2.85. The number of rotatable bonds is 4. The van der Waals surface area contributed by atoms with Crippen molar-refractivity contribution in [3.05, 3.63) is 28.8 Å². The van der Waals surface area contributed by atoms with Gasteiger partial charge < -0.3 is 10.4 Å². The zero-order valence-electron chi connectivity index (χ0n) is 8.70. The molecule has 0 bridgehead atoms. The van der Waals surface area contributed by atoms with Crippen molar-refractivity contribution in [1.82, 2.24) is 0 Å². The minimum atomic E-state index is -0.888. The van der Waals surface area contributed by atoms with Crippen LogP contribution < -0.4 is 5.32 Å². The molecule has 0 saturated heterocycles. The van der Waals surface area contributed by atoms with Gasteiger partial charge in [0, 0.05) is 6.04 Å². The Labute approximate surface area is 98.5 Å². The Morgan fingerprint density at radius 1 is 1.69 bits per heavy atom. The van der Waals surface area contributed by atoms with Crippen LogP contribution in [0.15, 0.2) is 18.2 Å². The lowest BCUT2D eigenvalue weighted by Gasteiger charge is -2.14. The smallest absolute Gasteiger partial charge is 0.305 e. The molecule has 0 aromatic heterocycles. The summed E-state index contributed by atoms with van der Waals surface area (Å²) in [7, 11) is 0. The summed E-state index contributed by atoms with van der Waals surface area (Å²) < 4.78 is 0. The lowest BCUT2D eigenvalue weighted by Crippen LogP contribution is -2.19. The van der Waals surface area contributed by atoms with Crippen molar-refractivity contribution in [2.45, 2.75) is 19.4 Å². The SMILES string of the molecule is CC(CC(=O)O)Nc1cccc(Cl)c1C#N. The maximum Gasteiger partial charge on any atom is 0.305 e. The van der Waals surface area contributed by atoms with Crippen molar-refractivity contribution in [2.24, 2.45) is 0 Å². The van der Waals surface area contributed by atoms with E-state index in [9.17, 15) is 4.79 Å². The van der Waals surface area contributed by atoms with Crippen LogP contribution in [-0.4, -0.2) is 17.1 Å². The molecule has 0 saturated carbocycles. The number of anilines is 1. The molecule has 0 aliphatic rings. The molecular weight excluding hydrogens is 228 g/mol. The van der Waals surface area contributed by atoms with Gasteiger partial charge in [-0.1, -0.05) is 17.7 Å². The van der Waals surface area contributed by atoms with Gasteiger partial charge in [-0.2, -0.15) is 5.26 Å². The van der Waals surface area contributed by atoms with Crippen LogP contribution in [-0.2, 0) is 4.79 Å². The second-order valence-corrected chi connectivity index (χ2v) is 3.82. The maximum absolute atomic E-state index is 10.5. The molecule has 1 aromatic rings. The lowest BCUT2D eigenvalue weighted by atomic mass is 10.1. The highest BCUT2D eigenvalue weighted by Crippen LogP contribution is 2.24. The predicted octanol–water partition coefficient (Wildman–Crippen LogP) is 2.49. The van der Waals surface area contributed by atoms with E-state index >= 15 is 0 Å². The largest absolute Gasteiger partial charge is 0.481 e. The van der Waals surface area contributed by atoms with Gasteiger partial charge in [0.25, 0.3) is 0 Å². The van der Waals surface area contributed by atoms with Crippen LogP contribution in [0.5, 0.6) is 0 Å². The third-order valence-electron chi connectivity index (χ3n) is 2.01. The fourth-order valence-electron chi connectivity index (χ4n) is 1.34. The lowest BCUT2D eigenvalue weighted by molar-refractivity contribution is -0.137. The molecule has 0 fully saturated rings. The Morgan fingerprint density at radius 2 is 2.38 bits per heavy atom. The normalized spacial score (nSPS) is 11.6. The molecule has 0 radical (unpaired) electrons. The van der Waals surface area contributed by atoms with Crippen LogP contribution in [0.25, 0.3) is 0 Å². The van der Waals surface area contributed by atoms with Crippen molar-refractivity contribution in [2.75, 3.05) is 5.32 Å². The predicted molar refractivity (Wildman–Crippen MR) is 61.5 cm³/mol. The molecule has 1 atom stereocenters. The number of carboxylic acid groups (broad SMARTS) is 1. The maximum atomic E-state index is 10.5. The molecule has 16 heavy (non-hydrogen) atoms. The van der Waals surface area contributed by atoms with E-state index in [0.717, 1.165) is 0 Å². The van der Waals surface area contributed by atoms with E-state index in [1.807, 2.05) is 6.07 Å². The van der Waals surface area contributed by atoms with Crippen molar-refractivity contribution in [3.63, 3.8) is 0 Å². The minimum Gasteiger partial charge on any atom is -0.481 e. The van der Waals surface area contributed by atoms with E-state index in [-0.39, 0.29) is 12.5 Å². The molecule has 1 unspecified atom stereocenters. The number of halogens is 1. The Bertz CT molecular complexity index is 440. The molecule has 0 aliphatic heterocycles. The molecule has 84 valence electrons.